The van der Waals surface area contributed by atoms with Crippen LogP contribution in [0.2, 0.25) is 0 Å². The predicted octanol–water partition coefficient (Wildman–Crippen LogP) is 2.95. The molecule has 6 heteroatoms. The summed E-state index contributed by atoms with van der Waals surface area (Å²) in [6, 6.07) is 9.87. The first kappa shape index (κ1) is 13.0. The molecule has 0 aliphatic heterocycles. The normalized spacial score (nSPS) is 11.2. The summed E-state index contributed by atoms with van der Waals surface area (Å²) in [6.45, 7) is 1.84. The van der Waals surface area contributed by atoms with Crippen molar-refractivity contribution in [2.45, 2.75) is 11.8 Å². The van der Waals surface area contributed by atoms with E-state index in [0.29, 0.717) is 5.69 Å². The van der Waals surface area contributed by atoms with Gasteiger partial charge in [0.2, 0.25) is 0 Å². The van der Waals surface area contributed by atoms with Gasteiger partial charge in [-0.1, -0.05) is 15.9 Å². The average molecular weight is 327 g/mol. The number of sulfonamides is 1. The Morgan fingerprint density at radius 1 is 1.11 bits per heavy atom. The predicted molar refractivity (Wildman–Crippen MR) is 73.9 cm³/mol. The van der Waals surface area contributed by atoms with Gasteiger partial charge in [-0.2, -0.15) is 0 Å². The van der Waals surface area contributed by atoms with Crippen molar-refractivity contribution in [3.63, 3.8) is 0 Å². The van der Waals surface area contributed by atoms with Gasteiger partial charge in [-0.3, -0.25) is 9.71 Å². The summed E-state index contributed by atoms with van der Waals surface area (Å²) in [6.07, 6.45) is 1.49. The van der Waals surface area contributed by atoms with Crippen LogP contribution in [0.4, 0.5) is 5.69 Å². The van der Waals surface area contributed by atoms with Crippen LogP contribution >= 0.6 is 15.9 Å². The van der Waals surface area contributed by atoms with Gasteiger partial charge in [0.1, 0.15) is 0 Å². The molecule has 2 aromatic rings. The van der Waals surface area contributed by atoms with Crippen LogP contribution in [0, 0.1) is 6.92 Å². The summed E-state index contributed by atoms with van der Waals surface area (Å²) in [5.74, 6) is 0. The Morgan fingerprint density at radius 2 is 1.78 bits per heavy atom. The molecule has 0 aliphatic rings. The van der Waals surface area contributed by atoms with Crippen molar-refractivity contribution in [2.75, 3.05) is 4.72 Å². The average Bonchev–Trinajstić information content (AvgIpc) is 2.32. The standard InChI is InChI=1S/C12H11BrN2O2S/c1-9-2-5-11(8-14-9)15-18(16,17)12-6-3-10(13)4-7-12/h2-8,15H,1H3. The third kappa shape index (κ3) is 3.08. The van der Waals surface area contributed by atoms with Gasteiger partial charge < -0.3 is 0 Å². The highest BCUT2D eigenvalue weighted by Gasteiger charge is 2.13. The third-order valence-electron chi connectivity index (χ3n) is 2.29. The first-order valence-electron chi connectivity index (χ1n) is 5.18. The Morgan fingerprint density at radius 3 is 2.33 bits per heavy atom. The molecule has 94 valence electrons. The van der Waals surface area contributed by atoms with Crippen LogP contribution in [0.3, 0.4) is 0 Å². The largest absolute Gasteiger partial charge is 0.278 e. The quantitative estimate of drug-likeness (QED) is 0.943. The van der Waals surface area contributed by atoms with Crippen LogP contribution in [-0.4, -0.2) is 13.4 Å². The molecule has 0 fully saturated rings. The Hall–Kier alpha value is -1.40. The van der Waals surface area contributed by atoms with E-state index in [2.05, 4.69) is 25.6 Å². The summed E-state index contributed by atoms with van der Waals surface area (Å²) >= 11 is 3.26. The maximum Gasteiger partial charge on any atom is 0.261 e. The fourth-order valence-electron chi connectivity index (χ4n) is 1.36. The van der Waals surface area contributed by atoms with E-state index in [1.807, 2.05) is 6.92 Å². The minimum absolute atomic E-state index is 0.214. The summed E-state index contributed by atoms with van der Waals surface area (Å²) in [4.78, 5) is 4.25. The molecule has 18 heavy (non-hydrogen) atoms. The highest BCUT2D eigenvalue weighted by atomic mass is 79.9. The fourth-order valence-corrected chi connectivity index (χ4v) is 2.66. The van der Waals surface area contributed by atoms with E-state index in [1.54, 1.807) is 24.3 Å². The number of hydrogen-bond donors (Lipinski definition) is 1. The zero-order valence-corrected chi connectivity index (χ0v) is 12.0. The monoisotopic (exact) mass is 326 g/mol. The lowest BCUT2D eigenvalue weighted by atomic mass is 10.4. The molecule has 0 aliphatic carbocycles. The van der Waals surface area contributed by atoms with Gasteiger partial charge in [-0.05, 0) is 43.3 Å². The van der Waals surface area contributed by atoms with Crippen LogP contribution in [-0.2, 0) is 10.0 Å². The van der Waals surface area contributed by atoms with Gasteiger partial charge >= 0.3 is 0 Å². The second kappa shape index (κ2) is 5.07. The van der Waals surface area contributed by atoms with Crippen molar-refractivity contribution >= 4 is 31.6 Å². The number of rotatable bonds is 3. The summed E-state index contributed by atoms with van der Waals surface area (Å²) in [7, 11) is -3.55. The van der Waals surface area contributed by atoms with E-state index in [9.17, 15) is 8.42 Å². The molecule has 4 nitrogen and oxygen atoms in total. The van der Waals surface area contributed by atoms with Crippen LogP contribution in [0.5, 0.6) is 0 Å². The van der Waals surface area contributed by atoms with Crippen molar-refractivity contribution in [3.05, 3.63) is 52.8 Å². The highest BCUT2D eigenvalue weighted by Crippen LogP contribution is 2.18. The van der Waals surface area contributed by atoms with Gasteiger partial charge in [-0.25, -0.2) is 8.42 Å². The number of aryl methyl sites for hydroxylation is 1. The number of benzene rings is 1. The van der Waals surface area contributed by atoms with Crippen molar-refractivity contribution in [1.82, 2.24) is 4.98 Å². The molecule has 0 amide bonds. The number of nitrogens with one attached hydrogen (secondary N) is 1. The molecule has 0 atom stereocenters. The minimum atomic E-state index is -3.55. The number of hydrogen-bond acceptors (Lipinski definition) is 3. The molecule has 0 saturated carbocycles. The Balaban J connectivity index is 2.27. The number of halogens is 1. The molecule has 0 saturated heterocycles. The van der Waals surface area contributed by atoms with E-state index in [1.165, 1.54) is 18.3 Å². The fraction of sp³-hybridized carbons (Fsp3) is 0.0833. The van der Waals surface area contributed by atoms with Gasteiger partial charge in [0.25, 0.3) is 10.0 Å². The van der Waals surface area contributed by atoms with Crippen LogP contribution in [0.15, 0.2) is 52.0 Å². The molecule has 1 heterocycles. The second-order valence-electron chi connectivity index (χ2n) is 3.75. The van der Waals surface area contributed by atoms with Gasteiger partial charge in [0.05, 0.1) is 16.8 Å². The summed E-state index contributed by atoms with van der Waals surface area (Å²) < 4.78 is 27.4. The Kier molecular flexibility index (Phi) is 3.68. The molecule has 1 aromatic carbocycles. The second-order valence-corrected chi connectivity index (χ2v) is 6.35. The molecule has 0 radical (unpaired) electrons. The lowest BCUT2D eigenvalue weighted by Crippen LogP contribution is -2.12. The molecule has 0 spiro atoms. The molecular weight excluding hydrogens is 316 g/mol. The zero-order valence-electron chi connectivity index (χ0n) is 9.59. The highest BCUT2D eigenvalue weighted by molar-refractivity contribution is 9.10. The molecular formula is C12H11BrN2O2S. The van der Waals surface area contributed by atoms with Crippen LogP contribution in [0.1, 0.15) is 5.69 Å². The summed E-state index contributed by atoms with van der Waals surface area (Å²) in [5.41, 5.74) is 1.28. The maximum atomic E-state index is 12.0. The van der Waals surface area contributed by atoms with Crippen molar-refractivity contribution in [3.8, 4) is 0 Å². The molecule has 2 rings (SSSR count). The van der Waals surface area contributed by atoms with Crippen molar-refractivity contribution in [2.24, 2.45) is 0 Å². The minimum Gasteiger partial charge on any atom is -0.278 e. The topological polar surface area (TPSA) is 59.1 Å². The number of aromatic nitrogens is 1. The van der Waals surface area contributed by atoms with E-state index in [-0.39, 0.29) is 4.90 Å². The molecule has 1 N–H and O–H groups in total. The van der Waals surface area contributed by atoms with Gasteiger partial charge in [0, 0.05) is 10.2 Å². The lowest BCUT2D eigenvalue weighted by molar-refractivity contribution is 0.601. The van der Waals surface area contributed by atoms with Gasteiger partial charge in [-0.15, -0.1) is 0 Å². The first-order chi connectivity index (χ1) is 8.47. The van der Waals surface area contributed by atoms with E-state index < -0.39 is 10.0 Å². The lowest BCUT2D eigenvalue weighted by Gasteiger charge is -2.07. The number of anilines is 1. The van der Waals surface area contributed by atoms with E-state index in [0.717, 1.165) is 10.2 Å². The smallest absolute Gasteiger partial charge is 0.261 e. The van der Waals surface area contributed by atoms with Crippen molar-refractivity contribution in [1.29, 1.82) is 0 Å². The SMILES string of the molecule is Cc1ccc(NS(=O)(=O)c2ccc(Br)cc2)cn1. The third-order valence-corrected chi connectivity index (χ3v) is 4.21. The summed E-state index contributed by atoms with van der Waals surface area (Å²) in [5, 5.41) is 0. The number of nitrogens with zero attached hydrogens (tertiary/aromatic N) is 1. The van der Waals surface area contributed by atoms with Gasteiger partial charge in [0.15, 0.2) is 0 Å². The maximum absolute atomic E-state index is 12.0. The Bertz CT molecular complexity index is 637. The van der Waals surface area contributed by atoms with E-state index >= 15 is 0 Å². The molecule has 0 bridgehead atoms. The number of pyridine rings is 1. The Labute approximate surface area is 114 Å². The van der Waals surface area contributed by atoms with Crippen molar-refractivity contribution < 1.29 is 8.42 Å². The van der Waals surface area contributed by atoms with E-state index in [4.69, 9.17) is 0 Å². The zero-order chi connectivity index (χ0) is 13.2. The van der Waals surface area contributed by atoms with Crippen LogP contribution < -0.4 is 4.72 Å². The first-order valence-corrected chi connectivity index (χ1v) is 7.46. The molecule has 0 unspecified atom stereocenters. The van der Waals surface area contributed by atoms with Crippen LogP contribution in [0.25, 0.3) is 0 Å². The molecule has 1 aromatic heterocycles.